The van der Waals surface area contributed by atoms with Gasteiger partial charge >= 0.3 is 5.97 Å². The minimum Gasteiger partial charge on any atom is -0.497 e. The molecule has 1 aliphatic heterocycles. The molecule has 0 saturated carbocycles. The van der Waals surface area contributed by atoms with E-state index in [1.54, 1.807) is 14.2 Å². The molecule has 1 aliphatic rings. The SMILES string of the molecule is COc1ccc(/C(=C2/C(=O)Oc3cccc(C)c32)c2c(-c3ccc(OC)cc3)oc3cccc(C)c23)cc1. The van der Waals surface area contributed by atoms with Crippen molar-refractivity contribution < 1.29 is 23.4 Å². The Balaban J connectivity index is 1.77. The summed E-state index contributed by atoms with van der Waals surface area (Å²) >= 11 is 0. The topological polar surface area (TPSA) is 57.9 Å². The van der Waals surface area contributed by atoms with Gasteiger partial charge in [-0.15, -0.1) is 0 Å². The number of rotatable bonds is 5. The molecule has 0 atom stereocenters. The van der Waals surface area contributed by atoms with E-state index in [0.29, 0.717) is 17.1 Å². The van der Waals surface area contributed by atoms with Crippen molar-refractivity contribution in [1.29, 1.82) is 0 Å². The molecule has 5 aromatic rings. The van der Waals surface area contributed by atoms with E-state index < -0.39 is 0 Å². The van der Waals surface area contributed by atoms with Crippen molar-refractivity contribution in [2.75, 3.05) is 14.2 Å². The zero-order valence-electron chi connectivity index (χ0n) is 21.6. The molecule has 0 bridgehead atoms. The lowest BCUT2D eigenvalue weighted by molar-refractivity contribution is -0.126. The lowest BCUT2D eigenvalue weighted by Gasteiger charge is -2.15. The summed E-state index contributed by atoms with van der Waals surface area (Å²) in [5.41, 5.74) is 7.40. The number of carbonyl (C=O) groups is 1. The van der Waals surface area contributed by atoms with Gasteiger partial charge in [0.1, 0.15) is 28.6 Å². The third-order valence-electron chi connectivity index (χ3n) is 7.05. The highest BCUT2D eigenvalue weighted by atomic mass is 16.5. The average molecular weight is 503 g/mol. The average Bonchev–Trinajstić information content (AvgIpc) is 3.49. The molecule has 0 fully saturated rings. The normalized spacial score (nSPS) is 13.8. The summed E-state index contributed by atoms with van der Waals surface area (Å²) in [5, 5.41) is 0.950. The molecule has 0 saturated heterocycles. The third-order valence-corrected chi connectivity index (χ3v) is 7.05. The van der Waals surface area contributed by atoms with E-state index in [2.05, 4.69) is 13.0 Å². The highest BCUT2D eigenvalue weighted by Crippen LogP contribution is 2.48. The van der Waals surface area contributed by atoms with Gasteiger partial charge in [0.2, 0.25) is 0 Å². The van der Waals surface area contributed by atoms with Crippen molar-refractivity contribution >= 4 is 28.1 Å². The molecule has 0 unspecified atom stereocenters. The van der Waals surface area contributed by atoms with Crippen molar-refractivity contribution in [2.45, 2.75) is 13.8 Å². The van der Waals surface area contributed by atoms with Crippen LogP contribution in [0.4, 0.5) is 0 Å². The Bertz CT molecular complexity index is 1720. The predicted octanol–water partition coefficient (Wildman–Crippen LogP) is 7.61. The number of aryl methyl sites for hydroxylation is 2. The van der Waals surface area contributed by atoms with Crippen molar-refractivity contribution in [3.8, 4) is 28.6 Å². The maximum absolute atomic E-state index is 13.6. The summed E-state index contributed by atoms with van der Waals surface area (Å²) in [6.07, 6.45) is 0. The molecule has 0 N–H and O–H groups in total. The fraction of sp³-hybridized carbons (Fsp3) is 0.121. The lowest BCUT2D eigenvalue weighted by Crippen LogP contribution is -2.05. The number of fused-ring (bicyclic) bond motifs is 2. The number of furan rings is 1. The molecule has 0 spiro atoms. The molecule has 6 rings (SSSR count). The quantitative estimate of drug-likeness (QED) is 0.141. The Morgan fingerprint density at radius 2 is 1.37 bits per heavy atom. The van der Waals surface area contributed by atoms with Crippen LogP contribution >= 0.6 is 0 Å². The smallest absolute Gasteiger partial charge is 0.344 e. The number of methoxy groups -OCH3 is 2. The standard InChI is InChI=1S/C33H26O5/c1-19-7-5-9-25-27(19)30(32(37-25)22-13-17-24(36-4)18-14-22)29(21-11-15-23(35-3)16-12-21)31-28-20(2)8-6-10-26(28)38-33(31)34/h5-18H,1-4H3/b31-29-. The van der Waals surface area contributed by atoms with Crippen LogP contribution in [-0.4, -0.2) is 20.2 Å². The molecule has 2 heterocycles. The van der Waals surface area contributed by atoms with Crippen molar-refractivity contribution in [3.05, 3.63) is 113 Å². The second-order valence-electron chi connectivity index (χ2n) is 9.30. The van der Waals surface area contributed by atoms with Crippen LogP contribution in [0, 0.1) is 13.8 Å². The van der Waals surface area contributed by atoms with Crippen LogP contribution in [0.15, 0.2) is 89.3 Å². The molecule has 5 heteroatoms. The monoisotopic (exact) mass is 502 g/mol. The predicted molar refractivity (Wildman–Crippen MR) is 149 cm³/mol. The largest absolute Gasteiger partial charge is 0.497 e. The fourth-order valence-electron chi connectivity index (χ4n) is 5.20. The summed E-state index contributed by atoms with van der Waals surface area (Å²) < 4.78 is 23.2. The maximum atomic E-state index is 13.6. The number of hydrogen-bond donors (Lipinski definition) is 0. The van der Waals surface area contributed by atoms with Crippen molar-refractivity contribution in [3.63, 3.8) is 0 Å². The minimum absolute atomic E-state index is 0.385. The molecule has 188 valence electrons. The molecule has 4 aromatic carbocycles. The van der Waals surface area contributed by atoms with Crippen LogP contribution in [0.1, 0.15) is 27.8 Å². The van der Waals surface area contributed by atoms with Crippen molar-refractivity contribution in [2.24, 2.45) is 0 Å². The van der Waals surface area contributed by atoms with Gasteiger partial charge in [0.15, 0.2) is 0 Å². The number of benzene rings is 4. The number of ether oxygens (including phenoxy) is 3. The van der Waals surface area contributed by atoms with Gasteiger partial charge in [0.25, 0.3) is 0 Å². The Morgan fingerprint density at radius 1 is 0.737 bits per heavy atom. The molecule has 5 nitrogen and oxygen atoms in total. The minimum atomic E-state index is -0.385. The van der Waals surface area contributed by atoms with Crippen LogP contribution in [0.5, 0.6) is 17.2 Å². The molecular weight excluding hydrogens is 476 g/mol. The van der Waals surface area contributed by atoms with Gasteiger partial charge in [-0.25, -0.2) is 4.79 Å². The zero-order valence-corrected chi connectivity index (χ0v) is 21.6. The van der Waals surface area contributed by atoms with E-state index in [0.717, 1.165) is 61.4 Å². The van der Waals surface area contributed by atoms with E-state index in [1.807, 2.05) is 85.8 Å². The van der Waals surface area contributed by atoms with Gasteiger partial charge in [-0.05, 0) is 79.1 Å². The fourth-order valence-corrected chi connectivity index (χ4v) is 5.20. The Morgan fingerprint density at radius 3 is 2.05 bits per heavy atom. The van der Waals surface area contributed by atoms with Crippen LogP contribution in [0.2, 0.25) is 0 Å². The van der Waals surface area contributed by atoms with Crippen LogP contribution in [0.3, 0.4) is 0 Å². The van der Waals surface area contributed by atoms with Crippen molar-refractivity contribution in [1.82, 2.24) is 0 Å². The summed E-state index contributed by atoms with van der Waals surface area (Å²) in [5.74, 6) is 2.33. The van der Waals surface area contributed by atoms with Gasteiger partial charge in [-0.1, -0.05) is 36.4 Å². The highest BCUT2D eigenvalue weighted by Gasteiger charge is 2.35. The summed E-state index contributed by atoms with van der Waals surface area (Å²) in [4.78, 5) is 13.6. The molecular formula is C33H26O5. The van der Waals surface area contributed by atoms with E-state index in [4.69, 9.17) is 18.6 Å². The number of hydrogen-bond acceptors (Lipinski definition) is 5. The Hall–Kier alpha value is -4.77. The first kappa shape index (κ1) is 23.6. The maximum Gasteiger partial charge on any atom is 0.344 e. The summed E-state index contributed by atoms with van der Waals surface area (Å²) in [7, 11) is 3.28. The van der Waals surface area contributed by atoms with E-state index in [9.17, 15) is 4.79 Å². The summed E-state index contributed by atoms with van der Waals surface area (Å²) in [6.45, 7) is 4.05. The zero-order chi connectivity index (χ0) is 26.4. The van der Waals surface area contributed by atoms with Crippen LogP contribution in [-0.2, 0) is 4.79 Å². The van der Waals surface area contributed by atoms with Gasteiger partial charge in [-0.2, -0.15) is 0 Å². The first-order chi connectivity index (χ1) is 18.5. The van der Waals surface area contributed by atoms with Gasteiger partial charge in [-0.3, -0.25) is 0 Å². The van der Waals surface area contributed by atoms with E-state index in [1.165, 1.54) is 0 Å². The van der Waals surface area contributed by atoms with Gasteiger partial charge in [0.05, 0.1) is 19.8 Å². The first-order valence-corrected chi connectivity index (χ1v) is 12.4. The summed E-state index contributed by atoms with van der Waals surface area (Å²) in [6, 6.07) is 27.2. The van der Waals surface area contributed by atoms with Gasteiger partial charge < -0.3 is 18.6 Å². The number of esters is 1. The highest BCUT2D eigenvalue weighted by molar-refractivity contribution is 6.32. The molecule has 38 heavy (non-hydrogen) atoms. The van der Waals surface area contributed by atoms with Crippen LogP contribution in [0.25, 0.3) is 33.4 Å². The van der Waals surface area contributed by atoms with Gasteiger partial charge in [0, 0.05) is 27.6 Å². The number of carbonyl (C=O) groups excluding carboxylic acids is 1. The van der Waals surface area contributed by atoms with Crippen LogP contribution < -0.4 is 14.2 Å². The molecule has 0 aliphatic carbocycles. The second-order valence-corrected chi connectivity index (χ2v) is 9.30. The first-order valence-electron chi connectivity index (χ1n) is 12.4. The molecule has 0 amide bonds. The third kappa shape index (κ3) is 3.75. The van der Waals surface area contributed by atoms with E-state index >= 15 is 0 Å². The molecule has 1 aromatic heterocycles. The Labute approximate surface area is 220 Å². The lowest BCUT2D eigenvalue weighted by atomic mass is 9.85. The van der Waals surface area contributed by atoms with E-state index in [-0.39, 0.29) is 5.97 Å². The second kappa shape index (κ2) is 9.27. The molecule has 0 radical (unpaired) electrons. The Kier molecular flexibility index (Phi) is 5.76.